The number of carbonyl (C=O) groups excluding carboxylic acids is 2. The van der Waals surface area contributed by atoms with Crippen LogP contribution < -0.4 is 10.2 Å². The predicted octanol–water partition coefficient (Wildman–Crippen LogP) is 3.57. The van der Waals surface area contributed by atoms with Crippen molar-refractivity contribution in [1.82, 2.24) is 19.9 Å². The maximum absolute atomic E-state index is 12.8. The molecule has 2 amide bonds. The third-order valence-corrected chi connectivity index (χ3v) is 6.12. The minimum Gasteiger partial charge on any atom is -0.339 e. The fraction of sp³-hybridized carbons (Fsp3) is 0.179. The molecule has 0 spiro atoms. The number of nitrogens with zero attached hydrogens (tertiary/aromatic N) is 5. The van der Waals surface area contributed by atoms with Crippen molar-refractivity contribution in [2.45, 2.75) is 6.42 Å². The molecule has 4 aromatic rings. The van der Waals surface area contributed by atoms with Crippen molar-refractivity contribution in [3.8, 4) is 0 Å². The molecule has 180 valence electrons. The Morgan fingerprint density at radius 3 is 2.33 bits per heavy atom. The number of carbonyl (C=O) groups is 2. The van der Waals surface area contributed by atoms with Gasteiger partial charge < -0.3 is 15.1 Å². The van der Waals surface area contributed by atoms with Gasteiger partial charge in [-0.05, 0) is 35.9 Å². The average Bonchev–Trinajstić information content (AvgIpc) is 2.93. The van der Waals surface area contributed by atoms with Gasteiger partial charge in [-0.1, -0.05) is 36.4 Å². The molecule has 8 nitrogen and oxygen atoms in total. The number of rotatable bonds is 6. The Hall–Kier alpha value is -4.59. The van der Waals surface area contributed by atoms with Gasteiger partial charge in [-0.15, -0.1) is 0 Å². The molecule has 1 fully saturated rings. The van der Waals surface area contributed by atoms with E-state index >= 15 is 0 Å². The number of anilines is 2. The summed E-state index contributed by atoms with van der Waals surface area (Å²) in [5.74, 6) is 0.560. The first-order valence-electron chi connectivity index (χ1n) is 11.9. The van der Waals surface area contributed by atoms with Gasteiger partial charge in [0.2, 0.25) is 17.8 Å². The largest absolute Gasteiger partial charge is 0.339 e. The van der Waals surface area contributed by atoms with E-state index in [-0.39, 0.29) is 11.8 Å². The van der Waals surface area contributed by atoms with Crippen LogP contribution in [0.25, 0.3) is 17.0 Å². The number of hydrogen-bond acceptors (Lipinski definition) is 6. The lowest BCUT2D eigenvalue weighted by Crippen LogP contribution is -2.49. The van der Waals surface area contributed by atoms with E-state index in [4.69, 9.17) is 0 Å². The SMILES string of the molecule is O=C(C=Cc1cccc2cccnc12)Nc1ccc(CC(=O)N2CCN(c3ncccn3)CC2)cc1. The molecule has 0 saturated carbocycles. The Kier molecular flexibility index (Phi) is 6.93. The van der Waals surface area contributed by atoms with Gasteiger partial charge in [0.25, 0.3) is 0 Å². The van der Waals surface area contributed by atoms with Crippen LogP contribution in [-0.4, -0.2) is 57.8 Å². The van der Waals surface area contributed by atoms with Crippen LogP contribution >= 0.6 is 0 Å². The Labute approximate surface area is 209 Å². The Bertz CT molecular complexity index is 1380. The molecule has 0 atom stereocenters. The second kappa shape index (κ2) is 10.8. The Balaban J connectivity index is 1.13. The van der Waals surface area contributed by atoms with Crippen molar-refractivity contribution in [2.24, 2.45) is 0 Å². The number of pyridine rings is 1. The van der Waals surface area contributed by atoms with Crippen LogP contribution in [0.15, 0.2) is 85.3 Å². The number of hydrogen-bond donors (Lipinski definition) is 1. The summed E-state index contributed by atoms with van der Waals surface area (Å²) in [6, 6.07) is 18.9. The van der Waals surface area contributed by atoms with Crippen LogP contribution in [0.1, 0.15) is 11.1 Å². The maximum atomic E-state index is 12.8. The molecular formula is C28H26N6O2. The van der Waals surface area contributed by atoms with Crippen molar-refractivity contribution in [3.63, 3.8) is 0 Å². The minimum absolute atomic E-state index is 0.0899. The van der Waals surface area contributed by atoms with Crippen LogP contribution in [0.2, 0.25) is 0 Å². The highest BCUT2D eigenvalue weighted by Crippen LogP contribution is 2.18. The van der Waals surface area contributed by atoms with E-state index < -0.39 is 0 Å². The van der Waals surface area contributed by atoms with E-state index in [9.17, 15) is 9.59 Å². The highest BCUT2D eigenvalue weighted by Gasteiger charge is 2.22. The fourth-order valence-corrected chi connectivity index (χ4v) is 4.21. The number of benzene rings is 2. The van der Waals surface area contributed by atoms with Crippen LogP contribution in [0, 0.1) is 0 Å². The fourth-order valence-electron chi connectivity index (χ4n) is 4.21. The number of aromatic nitrogens is 3. The summed E-state index contributed by atoms with van der Waals surface area (Å²) in [7, 11) is 0. The first-order valence-corrected chi connectivity index (χ1v) is 11.9. The van der Waals surface area contributed by atoms with E-state index in [1.54, 1.807) is 30.7 Å². The van der Waals surface area contributed by atoms with Crippen molar-refractivity contribution < 1.29 is 9.59 Å². The zero-order chi connectivity index (χ0) is 24.7. The first kappa shape index (κ1) is 23.2. The summed E-state index contributed by atoms with van der Waals surface area (Å²) in [6.07, 6.45) is 8.79. The third-order valence-electron chi connectivity index (χ3n) is 6.12. The van der Waals surface area contributed by atoms with Crippen molar-refractivity contribution in [1.29, 1.82) is 0 Å². The molecule has 0 aliphatic carbocycles. The number of piperazine rings is 1. The molecule has 5 rings (SSSR count). The van der Waals surface area contributed by atoms with Gasteiger partial charge in [0, 0.05) is 67.5 Å². The number of amides is 2. The van der Waals surface area contributed by atoms with E-state index in [0.717, 1.165) is 22.0 Å². The quantitative estimate of drug-likeness (QED) is 0.426. The summed E-state index contributed by atoms with van der Waals surface area (Å²) < 4.78 is 0. The molecule has 3 heterocycles. The van der Waals surface area contributed by atoms with Gasteiger partial charge in [-0.25, -0.2) is 9.97 Å². The van der Waals surface area contributed by atoms with Gasteiger partial charge in [0.1, 0.15) is 0 Å². The third kappa shape index (κ3) is 5.55. The topological polar surface area (TPSA) is 91.3 Å². The molecule has 0 bridgehead atoms. The molecular weight excluding hydrogens is 452 g/mol. The lowest BCUT2D eigenvalue weighted by molar-refractivity contribution is -0.130. The summed E-state index contributed by atoms with van der Waals surface area (Å²) in [5.41, 5.74) is 3.32. The standard InChI is InChI=1S/C28H26N6O2/c35-25(12-9-23-5-1-4-22-6-2-13-29-27(22)23)32-24-10-7-21(8-11-24)20-26(36)33-16-18-34(19-17-33)28-30-14-3-15-31-28/h1-15H,16-20H2,(H,32,35). The maximum Gasteiger partial charge on any atom is 0.248 e. The highest BCUT2D eigenvalue weighted by molar-refractivity contribution is 6.03. The lowest BCUT2D eigenvalue weighted by atomic mass is 10.1. The van der Waals surface area contributed by atoms with E-state index in [1.165, 1.54) is 6.08 Å². The molecule has 1 N–H and O–H groups in total. The molecule has 2 aromatic heterocycles. The van der Waals surface area contributed by atoms with E-state index in [2.05, 4.69) is 25.2 Å². The summed E-state index contributed by atoms with van der Waals surface area (Å²) >= 11 is 0. The molecule has 1 aliphatic rings. The predicted molar refractivity (Wildman–Crippen MR) is 140 cm³/mol. The monoisotopic (exact) mass is 478 g/mol. The van der Waals surface area contributed by atoms with Crippen molar-refractivity contribution in [2.75, 3.05) is 36.4 Å². The second-order valence-electron chi connectivity index (χ2n) is 8.54. The Morgan fingerprint density at radius 1 is 0.833 bits per heavy atom. The number of fused-ring (bicyclic) bond motifs is 1. The minimum atomic E-state index is -0.230. The number of nitrogens with one attached hydrogen (secondary N) is 1. The lowest BCUT2D eigenvalue weighted by Gasteiger charge is -2.34. The molecule has 1 aliphatic heterocycles. The molecule has 0 radical (unpaired) electrons. The second-order valence-corrected chi connectivity index (χ2v) is 8.54. The molecule has 1 saturated heterocycles. The van der Waals surface area contributed by atoms with E-state index in [0.29, 0.717) is 44.2 Å². The van der Waals surface area contributed by atoms with Gasteiger partial charge >= 0.3 is 0 Å². The zero-order valence-electron chi connectivity index (χ0n) is 19.7. The van der Waals surface area contributed by atoms with Crippen LogP contribution in [0.4, 0.5) is 11.6 Å². The van der Waals surface area contributed by atoms with Crippen LogP contribution in [0.5, 0.6) is 0 Å². The summed E-state index contributed by atoms with van der Waals surface area (Å²) in [6.45, 7) is 2.71. The first-order chi connectivity index (χ1) is 17.7. The molecule has 36 heavy (non-hydrogen) atoms. The van der Waals surface area contributed by atoms with Gasteiger partial charge in [0.15, 0.2) is 0 Å². The summed E-state index contributed by atoms with van der Waals surface area (Å²) in [4.78, 5) is 42.1. The van der Waals surface area contributed by atoms with Crippen LogP contribution in [-0.2, 0) is 16.0 Å². The van der Waals surface area contributed by atoms with Gasteiger partial charge in [-0.2, -0.15) is 0 Å². The molecule has 8 heteroatoms. The molecule has 0 unspecified atom stereocenters. The van der Waals surface area contributed by atoms with Crippen LogP contribution in [0.3, 0.4) is 0 Å². The highest BCUT2D eigenvalue weighted by atomic mass is 16.2. The summed E-state index contributed by atoms with van der Waals surface area (Å²) in [5, 5.41) is 3.89. The van der Waals surface area contributed by atoms with Gasteiger partial charge in [0.05, 0.1) is 11.9 Å². The zero-order valence-corrected chi connectivity index (χ0v) is 19.7. The van der Waals surface area contributed by atoms with Crippen molar-refractivity contribution in [3.05, 3.63) is 96.5 Å². The number of para-hydroxylation sites is 1. The average molecular weight is 479 g/mol. The smallest absolute Gasteiger partial charge is 0.248 e. The normalized spacial score (nSPS) is 13.8. The molecule has 2 aromatic carbocycles. The Morgan fingerprint density at radius 2 is 1.56 bits per heavy atom. The van der Waals surface area contributed by atoms with Crippen molar-refractivity contribution >= 4 is 40.4 Å². The van der Waals surface area contributed by atoms with Gasteiger partial charge in [-0.3, -0.25) is 14.6 Å². The van der Waals surface area contributed by atoms with E-state index in [1.807, 2.05) is 59.5 Å².